The molecule has 2 rings (SSSR count). The summed E-state index contributed by atoms with van der Waals surface area (Å²) >= 11 is 16.0. The second-order valence-electron chi connectivity index (χ2n) is 4.78. The van der Waals surface area contributed by atoms with Gasteiger partial charge in [-0.2, -0.15) is 0 Å². The maximum atomic E-state index is 14.1. The van der Waals surface area contributed by atoms with Gasteiger partial charge >= 0.3 is 0 Å². The number of hydrogen-bond donors (Lipinski definition) is 0. The van der Waals surface area contributed by atoms with Gasteiger partial charge < -0.3 is 4.74 Å². The Morgan fingerprint density at radius 2 is 1.90 bits per heavy atom. The van der Waals surface area contributed by atoms with E-state index in [4.69, 9.17) is 27.9 Å². The van der Waals surface area contributed by atoms with Gasteiger partial charge in [0, 0.05) is 20.6 Å². The summed E-state index contributed by atoms with van der Waals surface area (Å²) in [6.07, 6.45) is 0. The third-order valence-corrected chi connectivity index (χ3v) is 4.91. The number of ether oxygens (including phenoxy) is 1. The van der Waals surface area contributed by atoms with E-state index >= 15 is 0 Å². The van der Waals surface area contributed by atoms with Crippen LogP contribution >= 0.6 is 39.1 Å². The van der Waals surface area contributed by atoms with Crippen LogP contribution < -0.4 is 4.74 Å². The van der Waals surface area contributed by atoms with E-state index in [1.54, 1.807) is 13.2 Å². The predicted molar refractivity (Wildman–Crippen MR) is 89.3 cm³/mol. The molecule has 1 nitrogen and oxygen atoms in total. The minimum absolute atomic E-state index is 0.336. The van der Waals surface area contributed by atoms with Crippen molar-refractivity contribution in [3.05, 3.63) is 61.8 Å². The second-order valence-corrected chi connectivity index (χ2v) is 6.50. The van der Waals surface area contributed by atoms with Crippen molar-refractivity contribution in [2.24, 2.45) is 0 Å². The van der Waals surface area contributed by atoms with Gasteiger partial charge in [0.1, 0.15) is 11.6 Å². The van der Waals surface area contributed by atoms with Crippen molar-refractivity contribution in [1.29, 1.82) is 0 Å². The Balaban J connectivity index is 2.68. The largest absolute Gasteiger partial charge is 0.496 e. The average molecular weight is 392 g/mol. The molecule has 2 aromatic carbocycles. The van der Waals surface area contributed by atoms with E-state index in [-0.39, 0.29) is 0 Å². The molecule has 0 aliphatic rings. The van der Waals surface area contributed by atoms with Crippen LogP contribution in [-0.4, -0.2) is 7.11 Å². The van der Waals surface area contributed by atoms with E-state index in [2.05, 4.69) is 15.9 Å². The summed E-state index contributed by atoms with van der Waals surface area (Å²) in [4.78, 5) is 0. The number of rotatable bonds is 3. The van der Waals surface area contributed by atoms with Gasteiger partial charge in [-0.05, 0) is 49.2 Å². The first kappa shape index (κ1) is 16.6. The molecule has 0 N–H and O–H groups in total. The molecular formula is C16H14BrCl2FO. The Labute approximate surface area is 142 Å². The van der Waals surface area contributed by atoms with Crippen molar-refractivity contribution in [3.8, 4) is 5.75 Å². The Kier molecular flexibility index (Phi) is 5.18. The highest BCUT2D eigenvalue weighted by atomic mass is 79.9. The van der Waals surface area contributed by atoms with E-state index in [0.717, 1.165) is 21.2 Å². The fourth-order valence-electron chi connectivity index (χ4n) is 2.32. The molecule has 2 aromatic rings. The number of hydrogen-bond acceptors (Lipinski definition) is 1. The molecule has 0 radical (unpaired) electrons. The molecule has 1 unspecified atom stereocenters. The number of alkyl halides is 1. The lowest BCUT2D eigenvalue weighted by molar-refractivity contribution is 0.406. The average Bonchev–Trinajstić information content (AvgIpc) is 2.44. The van der Waals surface area contributed by atoms with Crippen LogP contribution in [0.5, 0.6) is 5.75 Å². The molecule has 1 atom stereocenters. The van der Waals surface area contributed by atoms with E-state index in [0.29, 0.717) is 16.3 Å². The van der Waals surface area contributed by atoms with Crippen molar-refractivity contribution < 1.29 is 9.13 Å². The lowest BCUT2D eigenvalue weighted by Gasteiger charge is -2.20. The number of methoxy groups -OCH3 is 1. The molecule has 5 heteroatoms. The summed E-state index contributed by atoms with van der Waals surface area (Å²) in [5, 5.41) is -0.241. The molecule has 0 fully saturated rings. The third-order valence-electron chi connectivity index (χ3n) is 3.40. The van der Waals surface area contributed by atoms with Crippen molar-refractivity contribution in [2.75, 3.05) is 7.11 Å². The van der Waals surface area contributed by atoms with Crippen LogP contribution in [0.1, 0.15) is 27.6 Å². The van der Waals surface area contributed by atoms with Crippen LogP contribution in [0.25, 0.3) is 0 Å². The van der Waals surface area contributed by atoms with Crippen molar-refractivity contribution in [1.82, 2.24) is 0 Å². The zero-order valence-electron chi connectivity index (χ0n) is 11.8. The summed E-state index contributed by atoms with van der Waals surface area (Å²) in [5.41, 5.74) is 2.92. The highest BCUT2D eigenvalue weighted by molar-refractivity contribution is 9.10. The van der Waals surface area contributed by atoms with Gasteiger partial charge in [-0.25, -0.2) is 4.39 Å². The molecule has 0 aliphatic heterocycles. The van der Waals surface area contributed by atoms with E-state index < -0.39 is 11.2 Å². The third kappa shape index (κ3) is 3.20. The van der Waals surface area contributed by atoms with Crippen LogP contribution in [0.4, 0.5) is 4.39 Å². The quantitative estimate of drug-likeness (QED) is 0.566. The fraction of sp³-hybridized carbons (Fsp3) is 0.250. The van der Waals surface area contributed by atoms with Gasteiger partial charge in [-0.3, -0.25) is 0 Å². The molecular weight excluding hydrogens is 378 g/mol. The molecule has 0 saturated carbocycles. The highest BCUT2D eigenvalue weighted by Crippen LogP contribution is 2.43. The van der Waals surface area contributed by atoms with Crippen LogP contribution in [0.2, 0.25) is 5.02 Å². The van der Waals surface area contributed by atoms with Crippen LogP contribution in [0.3, 0.4) is 0 Å². The van der Waals surface area contributed by atoms with Crippen molar-refractivity contribution in [2.45, 2.75) is 19.2 Å². The van der Waals surface area contributed by atoms with Crippen molar-refractivity contribution in [3.63, 3.8) is 0 Å². The zero-order chi connectivity index (χ0) is 15.7. The minimum Gasteiger partial charge on any atom is -0.496 e. The molecule has 0 amide bonds. The molecule has 112 valence electrons. The second kappa shape index (κ2) is 6.55. The SMILES string of the molecule is COc1c(C)cc(Br)c(C)c1C(Cl)c1cc(Cl)ccc1F. The maximum absolute atomic E-state index is 14.1. The van der Waals surface area contributed by atoms with Gasteiger partial charge in [-0.1, -0.05) is 27.5 Å². The minimum atomic E-state index is -0.685. The lowest BCUT2D eigenvalue weighted by Crippen LogP contribution is -2.04. The highest BCUT2D eigenvalue weighted by Gasteiger charge is 2.24. The maximum Gasteiger partial charge on any atom is 0.128 e. The summed E-state index contributed by atoms with van der Waals surface area (Å²) in [5.74, 6) is 0.272. The first-order chi connectivity index (χ1) is 9.86. The van der Waals surface area contributed by atoms with Crippen LogP contribution in [0, 0.1) is 19.7 Å². The number of aryl methyl sites for hydroxylation is 1. The van der Waals surface area contributed by atoms with Crippen LogP contribution in [-0.2, 0) is 0 Å². The monoisotopic (exact) mass is 390 g/mol. The number of halogens is 4. The standard InChI is InChI=1S/C16H14BrCl2FO/c1-8-6-12(17)9(2)14(16(8)21-3)15(19)11-7-10(18)4-5-13(11)20/h4-7,15H,1-3H3. The molecule has 0 saturated heterocycles. The zero-order valence-corrected chi connectivity index (χ0v) is 14.9. The Bertz CT molecular complexity index is 688. The fourth-order valence-corrected chi connectivity index (χ4v) is 3.48. The van der Waals surface area contributed by atoms with Gasteiger partial charge in [-0.15, -0.1) is 11.6 Å². The van der Waals surface area contributed by atoms with Gasteiger partial charge in [0.15, 0.2) is 0 Å². The van der Waals surface area contributed by atoms with Crippen molar-refractivity contribution >= 4 is 39.1 Å². The summed E-state index contributed by atoms with van der Waals surface area (Å²) in [6.45, 7) is 3.84. The summed E-state index contributed by atoms with van der Waals surface area (Å²) < 4.78 is 20.4. The Morgan fingerprint density at radius 1 is 1.24 bits per heavy atom. The first-order valence-electron chi connectivity index (χ1n) is 6.29. The van der Waals surface area contributed by atoms with Crippen LogP contribution in [0.15, 0.2) is 28.7 Å². The number of benzene rings is 2. The first-order valence-corrected chi connectivity index (χ1v) is 7.90. The smallest absolute Gasteiger partial charge is 0.128 e. The molecule has 0 spiro atoms. The van der Waals surface area contributed by atoms with Gasteiger partial charge in [0.25, 0.3) is 0 Å². The van der Waals surface area contributed by atoms with E-state index in [1.807, 2.05) is 19.9 Å². The molecule has 0 bridgehead atoms. The summed E-state index contributed by atoms with van der Waals surface area (Å²) in [6, 6.07) is 6.32. The summed E-state index contributed by atoms with van der Waals surface area (Å²) in [7, 11) is 1.58. The Morgan fingerprint density at radius 3 is 2.52 bits per heavy atom. The predicted octanol–water partition coefficient (Wildman–Crippen LogP) is 6.20. The van der Waals surface area contributed by atoms with E-state index in [9.17, 15) is 4.39 Å². The lowest BCUT2D eigenvalue weighted by atomic mass is 9.96. The molecule has 0 aliphatic carbocycles. The van der Waals surface area contributed by atoms with E-state index in [1.165, 1.54) is 12.1 Å². The van der Waals surface area contributed by atoms with Gasteiger partial charge in [0.2, 0.25) is 0 Å². The molecule has 0 aromatic heterocycles. The molecule has 0 heterocycles. The topological polar surface area (TPSA) is 9.23 Å². The van der Waals surface area contributed by atoms with Gasteiger partial charge in [0.05, 0.1) is 12.5 Å². The molecule has 21 heavy (non-hydrogen) atoms. The normalized spacial score (nSPS) is 12.3. The Hall–Kier alpha value is -0.770.